The standard InChI is InChI=1S/C25H28N2O2.C9H12O2.2K/c1-5-18(2)24(28)12-7-6-8-13-25(29)27-21-15-14-20-10-9-11-22(23(20)16-21)19(3)17-26-4;1-7-8(10-2)5-4-6-9(7)11-3;;/h4,6-11,13,17-18,21H,3,5,14-16H2,1-2H3,(H,27,29);4-6H,1-3H3;;/q-4;;2*+1/b8-6-,19-17+;;;. The first-order valence-electron chi connectivity index (χ1n) is 13.4. The van der Waals surface area contributed by atoms with Gasteiger partial charge < -0.3 is 24.6 Å². The van der Waals surface area contributed by atoms with Crippen LogP contribution in [0, 0.1) is 32.3 Å². The Morgan fingerprint density at radius 1 is 1.19 bits per heavy atom. The van der Waals surface area contributed by atoms with Crippen molar-refractivity contribution in [1.82, 2.24) is 5.32 Å². The Hall–Kier alpha value is -0.917. The number of aryl methyl sites for hydroxylation is 1. The third-order valence-corrected chi connectivity index (χ3v) is 6.82. The van der Waals surface area contributed by atoms with E-state index in [1.54, 1.807) is 38.6 Å². The van der Waals surface area contributed by atoms with Gasteiger partial charge in [0.15, 0.2) is 5.91 Å². The zero-order chi connectivity index (χ0) is 29.5. The van der Waals surface area contributed by atoms with Crippen molar-refractivity contribution in [2.75, 3.05) is 14.2 Å². The van der Waals surface area contributed by atoms with Crippen molar-refractivity contribution in [2.45, 2.75) is 52.5 Å². The fourth-order valence-corrected chi connectivity index (χ4v) is 4.31. The summed E-state index contributed by atoms with van der Waals surface area (Å²) >= 11 is 0. The molecule has 42 heavy (non-hydrogen) atoms. The van der Waals surface area contributed by atoms with Crippen LogP contribution in [0.15, 0.2) is 65.8 Å². The Morgan fingerprint density at radius 2 is 1.83 bits per heavy atom. The quantitative estimate of drug-likeness (QED) is 0.128. The van der Waals surface area contributed by atoms with Crippen LogP contribution in [0.5, 0.6) is 11.5 Å². The predicted octanol–water partition coefficient (Wildman–Crippen LogP) is 0.168. The molecule has 1 aliphatic rings. The molecule has 0 heterocycles. The maximum Gasteiger partial charge on any atom is 1.00 e. The van der Waals surface area contributed by atoms with Crippen LogP contribution in [0.4, 0.5) is 0 Å². The van der Waals surface area contributed by atoms with Gasteiger partial charge in [0, 0.05) is 17.5 Å². The first-order chi connectivity index (χ1) is 19.2. The summed E-state index contributed by atoms with van der Waals surface area (Å²) in [5, 5.41) is 3.05. The molecule has 0 spiro atoms. The number of hydrogen-bond donors (Lipinski definition) is 1. The molecule has 0 saturated heterocycles. The number of benzene rings is 2. The zero-order valence-corrected chi connectivity index (χ0v) is 32.4. The van der Waals surface area contributed by atoms with E-state index in [2.05, 4.69) is 29.4 Å². The summed E-state index contributed by atoms with van der Waals surface area (Å²) in [5.41, 5.74) is 5.28. The van der Waals surface area contributed by atoms with Gasteiger partial charge in [-0.3, -0.25) is 4.79 Å². The summed E-state index contributed by atoms with van der Waals surface area (Å²) in [6.45, 7) is 15.1. The number of hydrogen-bond acceptors (Lipinski definition) is 5. The number of rotatable bonds is 11. The largest absolute Gasteiger partial charge is 1.00 e. The summed E-state index contributed by atoms with van der Waals surface area (Å²) in [6.07, 6.45) is 13.8. The van der Waals surface area contributed by atoms with E-state index in [-0.39, 0.29) is 126 Å². The van der Waals surface area contributed by atoms with Crippen molar-refractivity contribution in [3.63, 3.8) is 0 Å². The smallest absolute Gasteiger partial charge is 0.496 e. The number of nitrogens with one attached hydrogen (secondary N) is 1. The average Bonchev–Trinajstić information content (AvgIpc) is 2.96. The molecule has 2 unspecified atom stereocenters. The van der Waals surface area contributed by atoms with Crippen LogP contribution >= 0.6 is 0 Å². The van der Waals surface area contributed by atoms with E-state index in [4.69, 9.17) is 16.2 Å². The number of ketones is 1. The molecule has 0 bridgehead atoms. The number of amides is 1. The third-order valence-electron chi connectivity index (χ3n) is 6.82. The Labute approximate surface area is 337 Å². The number of Topliss-reactive ketones (excluding diaryl/α,β-unsaturated/α-hetero) is 1. The van der Waals surface area contributed by atoms with Crippen LogP contribution in [0.2, 0.25) is 0 Å². The first-order valence-corrected chi connectivity index (χ1v) is 13.4. The number of carbonyl (C=O) groups excluding carboxylic acids is 2. The molecule has 0 aromatic heterocycles. The first kappa shape index (κ1) is 41.1. The van der Waals surface area contributed by atoms with E-state index in [1.165, 1.54) is 17.5 Å². The second-order valence-electron chi connectivity index (χ2n) is 9.52. The van der Waals surface area contributed by atoms with Crippen LogP contribution < -0.4 is 118 Å². The molecule has 3 rings (SSSR count). The molecular formula is C34H40K2N2O4-2. The second kappa shape index (κ2) is 22.6. The minimum atomic E-state index is -0.156. The molecule has 1 N–H and O–H groups in total. The van der Waals surface area contributed by atoms with Gasteiger partial charge >= 0.3 is 103 Å². The topological polar surface area (TPSA) is 77.0 Å². The minimum absolute atomic E-state index is 0. The monoisotopic (exact) mass is 618 g/mol. The maximum atomic E-state index is 12.2. The molecule has 2 aromatic carbocycles. The van der Waals surface area contributed by atoms with Crippen LogP contribution in [-0.2, 0) is 22.4 Å². The number of aliphatic imine (C=N–C) groups is 1. The number of nitrogens with zero attached hydrogens (tertiary/aromatic N) is 1. The molecular weight excluding hydrogens is 579 g/mol. The van der Waals surface area contributed by atoms with Crippen LogP contribution in [-0.4, -0.2) is 38.7 Å². The number of methoxy groups -OCH3 is 2. The molecule has 2 aromatic rings. The third kappa shape index (κ3) is 13.4. The van der Waals surface area contributed by atoms with E-state index in [0.29, 0.717) is 0 Å². The van der Waals surface area contributed by atoms with E-state index in [1.807, 2.05) is 51.1 Å². The second-order valence-corrected chi connectivity index (χ2v) is 9.52. The van der Waals surface area contributed by atoms with E-state index >= 15 is 0 Å². The van der Waals surface area contributed by atoms with Gasteiger partial charge in [0.1, 0.15) is 11.5 Å². The van der Waals surface area contributed by atoms with Crippen LogP contribution in [0.3, 0.4) is 0 Å². The van der Waals surface area contributed by atoms with Gasteiger partial charge in [-0.1, -0.05) is 49.4 Å². The average molecular weight is 619 g/mol. The molecule has 0 fully saturated rings. The fourth-order valence-electron chi connectivity index (χ4n) is 4.31. The molecule has 0 radical (unpaired) electrons. The van der Waals surface area contributed by atoms with Crippen molar-refractivity contribution < 1.29 is 122 Å². The molecule has 214 valence electrons. The van der Waals surface area contributed by atoms with Crippen molar-refractivity contribution in [3.05, 3.63) is 103 Å². The summed E-state index contributed by atoms with van der Waals surface area (Å²) in [6, 6.07) is 11.9. The molecule has 0 saturated carbocycles. The van der Waals surface area contributed by atoms with E-state index in [0.717, 1.165) is 53.9 Å². The molecule has 2 atom stereocenters. The Kier molecular flexibility index (Phi) is 22.1. The zero-order valence-electron chi connectivity index (χ0n) is 26.2. The Morgan fingerprint density at radius 3 is 2.43 bits per heavy atom. The number of carbonyl (C=O) groups is 2. The van der Waals surface area contributed by atoms with Gasteiger partial charge in [0.2, 0.25) is 0 Å². The van der Waals surface area contributed by atoms with Gasteiger partial charge in [-0.15, -0.1) is 18.1 Å². The number of fused-ring (bicyclic) bond motifs is 1. The van der Waals surface area contributed by atoms with Gasteiger partial charge in [0.25, 0.3) is 0 Å². The molecule has 1 amide bonds. The predicted molar refractivity (Wildman–Crippen MR) is 162 cm³/mol. The van der Waals surface area contributed by atoms with Crippen molar-refractivity contribution in [3.8, 4) is 11.5 Å². The molecule has 6 nitrogen and oxygen atoms in total. The molecule has 8 heteroatoms. The maximum absolute atomic E-state index is 12.2. The summed E-state index contributed by atoms with van der Waals surface area (Å²) in [7, 11) is 3.31. The van der Waals surface area contributed by atoms with Gasteiger partial charge in [-0.05, 0) is 44.7 Å². The summed E-state index contributed by atoms with van der Waals surface area (Å²) in [4.78, 5) is 27.5. The summed E-state index contributed by atoms with van der Waals surface area (Å²) < 4.78 is 10.2. The summed E-state index contributed by atoms with van der Waals surface area (Å²) in [5.74, 6) is 1.52. The van der Waals surface area contributed by atoms with Crippen LogP contribution in [0.25, 0.3) is 5.57 Å². The van der Waals surface area contributed by atoms with Gasteiger partial charge in [-0.25, -0.2) is 24.3 Å². The minimum Gasteiger partial charge on any atom is -0.496 e. The van der Waals surface area contributed by atoms with E-state index < -0.39 is 0 Å². The van der Waals surface area contributed by atoms with Gasteiger partial charge in [0.05, 0.1) is 20.0 Å². The van der Waals surface area contributed by atoms with Crippen LogP contribution in [0.1, 0.15) is 48.9 Å². The molecule has 1 aliphatic carbocycles. The SMILES string of the molecule is COc1cccc(OC)c1C.[CH-]=N/C=C(\[CH2-])c1cccc2c1CC(NC(=O)[CH-]/C=C\C=[C-]C(=O)C(C)CC)CC2.[K+].[K+]. The Balaban J connectivity index is 0.00000109. The van der Waals surface area contributed by atoms with E-state index in [9.17, 15) is 9.59 Å². The number of ether oxygens (including phenoxy) is 2. The molecule has 0 aliphatic heterocycles. The normalized spacial score (nSPS) is 14.7. The van der Waals surface area contributed by atoms with Crippen molar-refractivity contribution in [1.29, 1.82) is 0 Å². The van der Waals surface area contributed by atoms with Gasteiger partial charge in [-0.2, -0.15) is 19.2 Å². The fraction of sp³-hybridized carbons (Fsp3) is 0.324. The Bertz CT molecular complexity index is 1230. The van der Waals surface area contributed by atoms with Crippen molar-refractivity contribution >= 4 is 24.0 Å². The van der Waals surface area contributed by atoms with Crippen molar-refractivity contribution in [2.24, 2.45) is 10.9 Å². The number of allylic oxidation sites excluding steroid dienone is 4.